The molecule has 0 radical (unpaired) electrons. The smallest absolute Gasteiger partial charge is 0.247 e. The van der Waals surface area contributed by atoms with Crippen molar-refractivity contribution in [2.45, 2.75) is 23.9 Å². The number of furan rings is 1. The van der Waals surface area contributed by atoms with Crippen molar-refractivity contribution in [2.75, 3.05) is 25.7 Å². The maximum absolute atomic E-state index is 13.4. The van der Waals surface area contributed by atoms with Gasteiger partial charge in [-0.2, -0.15) is 4.31 Å². The summed E-state index contributed by atoms with van der Waals surface area (Å²) in [5, 5.41) is 0. The minimum Gasteiger partial charge on any atom is -0.497 e. The average molecular weight is 415 g/mol. The maximum Gasteiger partial charge on any atom is 0.247 e. The summed E-state index contributed by atoms with van der Waals surface area (Å²) in [6.45, 7) is -0.0648. The first kappa shape index (κ1) is 19.7. The normalized spacial score (nSPS) is 19.3. The molecule has 1 aromatic carbocycles. The van der Waals surface area contributed by atoms with Crippen LogP contribution in [0.4, 0.5) is 0 Å². The zero-order chi connectivity index (χ0) is 19.7. The third-order valence-electron chi connectivity index (χ3n) is 4.46. The van der Waals surface area contributed by atoms with Crippen molar-refractivity contribution >= 4 is 19.9 Å². The Morgan fingerprint density at radius 3 is 2.56 bits per heavy atom. The molecule has 2 heterocycles. The third kappa shape index (κ3) is 4.12. The fraction of sp³-hybridized carbons (Fsp3) is 0.412. The standard InChI is InChI=1S/C17H21NO7S2/c1-23-14-5-6-17(16(10-14)24-2)27(21,22)18(11-15-4-3-8-25-15)13-7-9-26(19,20)12-13/h3-6,8,10,13H,7,9,11-12H2,1-2H3/t13-/m0/s1. The van der Waals surface area contributed by atoms with E-state index in [1.54, 1.807) is 12.1 Å². The minimum absolute atomic E-state index is 0.0401. The van der Waals surface area contributed by atoms with Gasteiger partial charge in [0.25, 0.3) is 0 Å². The van der Waals surface area contributed by atoms with Gasteiger partial charge in [0.15, 0.2) is 9.84 Å². The highest BCUT2D eigenvalue weighted by Gasteiger charge is 2.40. The van der Waals surface area contributed by atoms with Crippen molar-refractivity contribution in [1.29, 1.82) is 0 Å². The van der Waals surface area contributed by atoms with E-state index in [2.05, 4.69) is 0 Å². The van der Waals surface area contributed by atoms with Crippen LogP contribution in [0, 0.1) is 0 Å². The molecule has 1 atom stereocenters. The molecule has 1 saturated heterocycles. The van der Waals surface area contributed by atoms with Crippen LogP contribution < -0.4 is 9.47 Å². The van der Waals surface area contributed by atoms with Gasteiger partial charge >= 0.3 is 0 Å². The fourth-order valence-corrected chi connectivity index (χ4v) is 6.67. The molecular formula is C17H21NO7S2. The molecule has 1 aliphatic rings. The molecule has 0 spiro atoms. The molecular weight excluding hydrogens is 394 g/mol. The maximum atomic E-state index is 13.4. The summed E-state index contributed by atoms with van der Waals surface area (Å²) in [6.07, 6.45) is 1.68. The number of sulfonamides is 1. The van der Waals surface area contributed by atoms with Crippen molar-refractivity contribution in [1.82, 2.24) is 4.31 Å². The molecule has 0 aliphatic carbocycles. The van der Waals surface area contributed by atoms with Crippen molar-refractivity contribution in [3.05, 3.63) is 42.4 Å². The van der Waals surface area contributed by atoms with Gasteiger partial charge in [0.2, 0.25) is 10.0 Å². The zero-order valence-corrected chi connectivity index (χ0v) is 16.6. The quantitative estimate of drug-likeness (QED) is 0.678. The molecule has 0 unspecified atom stereocenters. The number of nitrogens with zero attached hydrogens (tertiary/aromatic N) is 1. The molecule has 1 aromatic heterocycles. The molecule has 8 nitrogen and oxygen atoms in total. The molecule has 27 heavy (non-hydrogen) atoms. The average Bonchev–Trinajstić information content (AvgIpc) is 3.27. The monoisotopic (exact) mass is 415 g/mol. The molecule has 3 rings (SSSR count). The Bertz CT molecular complexity index is 998. The fourth-order valence-electron chi connectivity index (χ4n) is 3.08. The third-order valence-corrected chi connectivity index (χ3v) is 8.15. The number of rotatable bonds is 7. The van der Waals surface area contributed by atoms with Crippen molar-refractivity contribution in [2.24, 2.45) is 0 Å². The van der Waals surface area contributed by atoms with Gasteiger partial charge in [-0.05, 0) is 30.7 Å². The van der Waals surface area contributed by atoms with Gasteiger partial charge in [-0.3, -0.25) is 0 Å². The van der Waals surface area contributed by atoms with Crippen LogP contribution in [0.25, 0.3) is 0 Å². The Kier molecular flexibility index (Phi) is 5.50. The molecule has 0 bridgehead atoms. The summed E-state index contributed by atoms with van der Waals surface area (Å²) >= 11 is 0. The van der Waals surface area contributed by atoms with E-state index in [0.717, 1.165) is 0 Å². The van der Waals surface area contributed by atoms with Crippen LogP contribution in [0.15, 0.2) is 45.9 Å². The van der Waals surface area contributed by atoms with Gasteiger partial charge in [0, 0.05) is 12.1 Å². The van der Waals surface area contributed by atoms with Crippen LogP contribution >= 0.6 is 0 Å². The molecule has 148 valence electrons. The lowest BCUT2D eigenvalue weighted by Gasteiger charge is -2.27. The predicted octanol–water partition coefficient (Wildman–Crippen LogP) is 1.67. The van der Waals surface area contributed by atoms with E-state index in [-0.39, 0.29) is 35.1 Å². The highest BCUT2D eigenvalue weighted by Crippen LogP contribution is 2.34. The number of sulfone groups is 1. The van der Waals surface area contributed by atoms with E-state index in [1.165, 1.54) is 43.0 Å². The van der Waals surface area contributed by atoms with Gasteiger partial charge < -0.3 is 13.9 Å². The van der Waals surface area contributed by atoms with Crippen LogP contribution in [0.1, 0.15) is 12.2 Å². The highest BCUT2D eigenvalue weighted by atomic mass is 32.2. The molecule has 0 amide bonds. The number of hydrogen-bond acceptors (Lipinski definition) is 7. The minimum atomic E-state index is -4.05. The second kappa shape index (κ2) is 7.53. The van der Waals surface area contributed by atoms with E-state index in [9.17, 15) is 16.8 Å². The summed E-state index contributed by atoms with van der Waals surface area (Å²) < 4.78 is 67.5. The molecule has 2 aromatic rings. The zero-order valence-electron chi connectivity index (χ0n) is 15.0. The summed E-state index contributed by atoms with van der Waals surface area (Å²) in [5.41, 5.74) is 0. The summed E-state index contributed by atoms with van der Waals surface area (Å²) in [4.78, 5) is -0.0540. The first-order valence-electron chi connectivity index (χ1n) is 8.23. The van der Waals surface area contributed by atoms with Crippen LogP contribution in [0.3, 0.4) is 0 Å². The van der Waals surface area contributed by atoms with Crippen molar-refractivity contribution in [3.8, 4) is 11.5 Å². The van der Waals surface area contributed by atoms with Gasteiger partial charge in [0.1, 0.15) is 22.2 Å². The molecule has 0 saturated carbocycles. The lowest BCUT2D eigenvalue weighted by atomic mass is 10.2. The summed E-state index contributed by atoms with van der Waals surface area (Å²) in [5.74, 6) is 0.745. The van der Waals surface area contributed by atoms with Crippen LogP contribution in [-0.4, -0.2) is 52.9 Å². The second-order valence-electron chi connectivity index (χ2n) is 6.20. The van der Waals surface area contributed by atoms with Crippen molar-refractivity contribution < 1.29 is 30.7 Å². The van der Waals surface area contributed by atoms with Crippen LogP contribution in [-0.2, 0) is 26.4 Å². The van der Waals surface area contributed by atoms with Crippen molar-refractivity contribution in [3.63, 3.8) is 0 Å². The van der Waals surface area contributed by atoms with E-state index in [1.807, 2.05) is 0 Å². The van der Waals surface area contributed by atoms with E-state index >= 15 is 0 Å². The molecule has 0 N–H and O–H groups in total. The number of benzene rings is 1. The van der Waals surface area contributed by atoms with Crippen LogP contribution in [0.5, 0.6) is 11.5 Å². The van der Waals surface area contributed by atoms with E-state index in [0.29, 0.717) is 11.5 Å². The highest BCUT2D eigenvalue weighted by molar-refractivity contribution is 7.92. The lowest BCUT2D eigenvalue weighted by molar-refractivity contribution is 0.304. The first-order chi connectivity index (χ1) is 12.8. The number of ether oxygens (including phenoxy) is 2. The van der Waals surface area contributed by atoms with E-state index in [4.69, 9.17) is 13.9 Å². The van der Waals surface area contributed by atoms with Crippen LogP contribution in [0.2, 0.25) is 0 Å². The molecule has 1 fully saturated rings. The second-order valence-corrected chi connectivity index (χ2v) is 10.3. The SMILES string of the molecule is COc1ccc(S(=O)(=O)N(Cc2ccco2)[C@H]2CCS(=O)(=O)C2)c(OC)c1. The molecule has 1 aliphatic heterocycles. The van der Waals surface area contributed by atoms with Gasteiger partial charge in [-0.1, -0.05) is 0 Å². The van der Waals surface area contributed by atoms with Gasteiger partial charge in [0.05, 0.1) is 38.5 Å². The lowest BCUT2D eigenvalue weighted by Crippen LogP contribution is -2.40. The Balaban J connectivity index is 2.05. The van der Waals surface area contributed by atoms with E-state index < -0.39 is 25.9 Å². The Morgan fingerprint density at radius 1 is 1.22 bits per heavy atom. The molecule has 10 heteroatoms. The summed E-state index contributed by atoms with van der Waals surface area (Å²) in [6, 6.07) is 7.02. The van der Waals surface area contributed by atoms with Gasteiger partial charge in [-0.15, -0.1) is 0 Å². The largest absolute Gasteiger partial charge is 0.497 e. The number of hydrogen-bond donors (Lipinski definition) is 0. The Morgan fingerprint density at radius 2 is 2.00 bits per heavy atom. The summed E-state index contributed by atoms with van der Waals surface area (Å²) in [7, 11) is -4.49. The number of methoxy groups -OCH3 is 2. The Hall–Kier alpha value is -2.04. The van der Waals surface area contributed by atoms with Gasteiger partial charge in [-0.25, -0.2) is 16.8 Å². The Labute approximate surface area is 158 Å². The predicted molar refractivity (Wildman–Crippen MR) is 98.0 cm³/mol. The first-order valence-corrected chi connectivity index (χ1v) is 11.5. The topological polar surface area (TPSA) is 103 Å².